The first-order valence-electron chi connectivity index (χ1n) is 7.58. The van der Waals surface area contributed by atoms with Crippen LogP contribution in [0.3, 0.4) is 0 Å². The lowest BCUT2D eigenvalue weighted by atomic mass is 10.1. The molecule has 116 valence electrons. The number of nitrogens with zero attached hydrogens (tertiary/aromatic N) is 1. The highest BCUT2D eigenvalue weighted by Crippen LogP contribution is 2.36. The molecular weight excluding hydrogens is 300 g/mol. The maximum Gasteiger partial charge on any atom is 0.0990 e. The van der Waals surface area contributed by atoms with E-state index in [-0.39, 0.29) is 5.56 Å². The average Bonchev–Trinajstić information content (AvgIpc) is 2.94. The molecular formula is C20H13N2O2-. The third-order valence-corrected chi connectivity index (χ3v) is 4.05. The highest BCUT2D eigenvalue weighted by molar-refractivity contribution is 6.24. The predicted octanol–water partition coefficient (Wildman–Crippen LogP) is 2.90. The normalized spacial score (nSPS) is 11.6. The quantitative estimate of drug-likeness (QED) is 0.591. The maximum atomic E-state index is 11.0. The third-order valence-electron chi connectivity index (χ3n) is 4.05. The molecule has 1 aliphatic rings. The van der Waals surface area contributed by atoms with Crippen molar-refractivity contribution in [3.63, 3.8) is 0 Å². The molecule has 3 aromatic carbocycles. The van der Waals surface area contributed by atoms with Gasteiger partial charge in [-0.15, -0.1) is 0 Å². The number of rotatable bonds is 3. The van der Waals surface area contributed by atoms with Crippen molar-refractivity contribution in [2.24, 2.45) is 5.10 Å². The van der Waals surface area contributed by atoms with Gasteiger partial charge in [0, 0.05) is 11.1 Å². The van der Waals surface area contributed by atoms with Crippen LogP contribution in [0.25, 0.3) is 11.1 Å². The summed E-state index contributed by atoms with van der Waals surface area (Å²) in [5, 5.41) is 15.5. The Bertz CT molecular complexity index is 929. The monoisotopic (exact) mass is 313 g/mol. The fraction of sp³-hybridized carbons (Fsp3) is 0. The van der Waals surface area contributed by atoms with E-state index in [1.165, 1.54) is 12.1 Å². The first-order chi connectivity index (χ1) is 11.7. The number of nitrogens with one attached hydrogen (secondary N) is 1. The van der Waals surface area contributed by atoms with E-state index in [2.05, 4.69) is 22.7 Å². The Labute approximate surface area is 139 Å². The fourth-order valence-corrected chi connectivity index (χ4v) is 2.95. The predicted molar refractivity (Wildman–Crippen MR) is 91.9 cm³/mol. The van der Waals surface area contributed by atoms with Gasteiger partial charge in [-0.3, -0.25) is 5.43 Å². The van der Waals surface area contributed by atoms with Gasteiger partial charge in [-0.1, -0.05) is 60.7 Å². The van der Waals surface area contributed by atoms with Crippen molar-refractivity contribution in [1.82, 2.24) is 0 Å². The molecule has 0 bridgehead atoms. The largest absolute Gasteiger partial charge is 0.545 e. The van der Waals surface area contributed by atoms with Gasteiger partial charge in [0.15, 0.2) is 0 Å². The van der Waals surface area contributed by atoms with E-state index in [9.17, 15) is 9.90 Å². The van der Waals surface area contributed by atoms with Crippen molar-refractivity contribution in [2.75, 3.05) is 5.43 Å². The molecule has 0 heterocycles. The first-order valence-corrected chi connectivity index (χ1v) is 7.58. The van der Waals surface area contributed by atoms with Crippen LogP contribution in [0.5, 0.6) is 0 Å². The highest BCUT2D eigenvalue weighted by Gasteiger charge is 2.23. The second kappa shape index (κ2) is 5.66. The number of hydrogen-bond acceptors (Lipinski definition) is 4. The number of benzene rings is 3. The number of aromatic carboxylic acids is 1. The minimum atomic E-state index is -1.21. The Hall–Kier alpha value is -3.40. The summed E-state index contributed by atoms with van der Waals surface area (Å²) in [6.07, 6.45) is 0. The number of hydrogen-bond donors (Lipinski definition) is 1. The van der Waals surface area contributed by atoms with E-state index in [0.29, 0.717) is 5.69 Å². The van der Waals surface area contributed by atoms with Crippen LogP contribution in [0.15, 0.2) is 77.9 Å². The van der Waals surface area contributed by atoms with Crippen LogP contribution in [0.1, 0.15) is 21.5 Å². The Morgan fingerprint density at radius 1 is 0.792 bits per heavy atom. The molecule has 0 saturated carbocycles. The van der Waals surface area contributed by atoms with Crippen LogP contribution in [0, 0.1) is 0 Å². The van der Waals surface area contributed by atoms with Gasteiger partial charge in [0.25, 0.3) is 0 Å². The van der Waals surface area contributed by atoms with E-state index < -0.39 is 5.97 Å². The number of carbonyl (C=O) groups excluding carboxylic acids is 1. The number of carboxylic acid groups (broad SMARTS) is 1. The standard InChI is InChI=1S/C20H14N2O2/c23-20(24)13-6-5-7-14(12-13)21-22-19-17-10-3-1-8-15(17)16-9-2-4-11-18(16)19/h1-12,21H,(H,23,24)/p-1. The zero-order valence-electron chi connectivity index (χ0n) is 12.7. The van der Waals surface area contributed by atoms with E-state index in [4.69, 9.17) is 0 Å². The molecule has 0 radical (unpaired) electrons. The van der Waals surface area contributed by atoms with Gasteiger partial charge in [-0.05, 0) is 28.8 Å². The molecule has 0 spiro atoms. The van der Waals surface area contributed by atoms with Gasteiger partial charge < -0.3 is 9.90 Å². The summed E-state index contributed by atoms with van der Waals surface area (Å²) in [5.74, 6) is -1.21. The molecule has 0 saturated heterocycles. The molecule has 3 aromatic rings. The van der Waals surface area contributed by atoms with Gasteiger partial charge in [0.2, 0.25) is 0 Å². The summed E-state index contributed by atoms with van der Waals surface area (Å²) in [6, 6.07) is 22.6. The Balaban J connectivity index is 1.75. The van der Waals surface area contributed by atoms with Crippen molar-refractivity contribution >= 4 is 17.4 Å². The van der Waals surface area contributed by atoms with E-state index >= 15 is 0 Å². The van der Waals surface area contributed by atoms with E-state index in [1.807, 2.05) is 36.4 Å². The summed E-state index contributed by atoms with van der Waals surface area (Å²) in [7, 11) is 0. The van der Waals surface area contributed by atoms with Crippen LogP contribution in [-0.2, 0) is 0 Å². The second-order valence-electron chi connectivity index (χ2n) is 5.53. The van der Waals surface area contributed by atoms with Crippen LogP contribution in [0.4, 0.5) is 5.69 Å². The number of carboxylic acids is 1. The SMILES string of the molecule is O=C([O-])c1cccc(NN=C2c3ccccc3-c3ccccc32)c1. The number of anilines is 1. The summed E-state index contributed by atoms with van der Waals surface area (Å²) in [4.78, 5) is 11.0. The molecule has 1 aliphatic carbocycles. The van der Waals surface area contributed by atoms with Crippen molar-refractivity contribution in [3.05, 3.63) is 89.5 Å². The summed E-state index contributed by atoms with van der Waals surface area (Å²) >= 11 is 0. The molecule has 4 nitrogen and oxygen atoms in total. The van der Waals surface area contributed by atoms with Gasteiger partial charge in [0.05, 0.1) is 17.4 Å². The first kappa shape index (κ1) is 14.2. The summed E-state index contributed by atoms with van der Waals surface area (Å²) in [6.45, 7) is 0. The zero-order chi connectivity index (χ0) is 16.5. The molecule has 0 aromatic heterocycles. The van der Waals surface area contributed by atoms with Crippen LogP contribution < -0.4 is 10.5 Å². The molecule has 0 atom stereocenters. The molecule has 4 heteroatoms. The van der Waals surface area contributed by atoms with Gasteiger partial charge in [0.1, 0.15) is 0 Å². The molecule has 24 heavy (non-hydrogen) atoms. The lowest BCUT2D eigenvalue weighted by Crippen LogP contribution is -2.22. The van der Waals surface area contributed by atoms with Crippen molar-refractivity contribution in [2.45, 2.75) is 0 Å². The summed E-state index contributed by atoms with van der Waals surface area (Å²) in [5.41, 5.74) is 8.94. The second-order valence-corrected chi connectivity index (χ2v) is 5.53. The number of carbonyl (C=O) groups is 1. The smallest absolute Gasteiger partial charge is 0.0990 e. The topological polar surface area (TPSA) is 64.5 Å². The van der Waals surface area contributed by atoms with Crippen LogP contribution in [-0.4, -0.2) is 11.7 Å². The molecule has 4 rings (SSSR count). The Morgan fingerprint density at radius 2 is 1.38 bits per heavy atom. The average molecular weight is 313 g/mol. The van der Waals surface area contributed by atoms with Crippen LogP contribution in [0.2, 0.25) is 0 Å². The minimum Gasteiger partial charge on any atom is -0.545 e. The van der Waals surface area contributed by atoms with Crippen molar-refractivity contribution in [3.8, 4) is 11.1 Å². The minimum absolute atomic E-state index is 0.118. The van der Waals surface area contributed by atoms with Crippen molar-refractivity contribution < 1.29 is 9.90 Å². The zero-order valence-corrected chi connectivity index (χ0v) is 12.7. The number of fused-ring (bicyclic) bond motifs is 3. The van der Waals surface area contributed by atoms with Gasteiger partial charge in [-0.2, -0.15) is 5.10 Å². The Morgan fingerprint density at radius 3 is 1.96 bits per heavy atom. The third kappa shape index (κ3) is 2.34. The summed E-state index contributed by atoms with van der Waals surface area (Å²) < 4.78 is 0. The molecule has 0 fully saturated rings. The molecule has 0 amide bonds. The van der Waals surface area contributed by atoms with Gasteiger partial charge in [-0.25, -0.2) is 0 Å². The highest BCUT2D eigenvalue weighted by atomic mass is 16.4. The van der Waals surface area contributed by atoms with Crippen molar-refractivity contribution in [1.29, 1.82) is 0 Å². The van der Waals surface area contributed by atoms with E-state index in [1.54, 1.807) is 12.1 Å². The van der Waals surface area contributed by atoms with E-state index in [0.717, 1.165) is 28.0 Å². The fourth-order valence-electron chi connectivity index (χ4n) is 2.95. The molecule has 0 unspecified atom stereocenters. The maximum absolute atomic E-state index is 11.0. The number of hydrazone groups is 1. The lowest BCUT2D eigenvalue weighted by molar-refractivity contribution is -0.255. The molecule has 0 aliphatic heterocycles. The molecule has 1 N–H and O–H groups in total. The van der Waals surface area contributed by atoms with Gasteiger partial charge >= 0.3 is 0 Å². The Kier molecular flexibility index (Phi) is 3.35. The van der Waals surface area contributed by atoms with Crippen LogP contribution >= 0.6 is 0 Å². The lowest BCUT2D eigenvalue weighted by Gasteiger charge is -2.07.